The van der Waals surface area contributed by atoms with Crippen LogP contribution in [0.25, 0.3) is 0 Å². The third-order valence-electron chi connectivity index (χ3n) is 3.21. The van der Waals surface area contributed by atoms with Crippen LogP contribution in [0.1, 0.15) is 26.7 Å². The summed E-state index contributed by atoms with van der Waals surface area (Å²) in [5, 5.41) is 8.68. The van der Waals surface area contributed by atoms with Crippen LogP contribution in [0.15, 0.2) is 0 Å². The molecule has 1 aliphatic rings. The largest absolute Gasteiger partial charge is 0.359 e. The number of hydrogen-bond acceptors (Lipinski definition) is 3. The standard InChI is InChI=1S/C12H23N3O2/c1-12(2,11(17)13-3)8-15-10(16)9-5-4-6-14-7-9/h9,14H,4-8H2,1-3H3,(H,13,17)(H,15,16). The predicted octanol–water partition coefficient (Wildman–Crippen LogP) is -0.126. The molecule has 1 rings (SSSR count). The molecule has 2 amide bonds. The number of hydrogen-bond donors (Lipinski definition) is 3. The van der Waals surface area contributed by atoms with E-state index in [4.69, 9.17) is 0 Å². The van der Waals surface area contributed by atoms with E-state index < -0.39 is 5.41 Å². The van der Waals surface area contributed by atoms with Gasteiger partial charge in [0.1, 0.15) is 0 Å². The van der Waals surface area contributed by atoms with Gasteiger partial charge in [0, 0.05) is 20.1 Å². The summed E-state index contributed by atoms with van der Waals surface area (Å²) in [6.45, 7) is 5.76. The monoisotopic (exact) mass is 241 g/mol. The van der Waals surface area contributed by atoms with Crippen molar-refractivity contribution in [3.8, 4) is 0 Å². The fourth-order valence-corrected chi connectivity index (χ4v) is 1.95. The summed E-state index contributed by atoms with van der Waals surface area (Å²) < 4.78 is 0. The van der Waals surface area contributed by atoms with Crippen LogP contribution in [0.4, 0.5) is 0 Å². The zero-order valence-electron chi connectivity index (χ0n) is 10.9. The Morgan fingerprint density at radius 2 is 2.12 bits per heavy atom. The molecule has 0 bridgehead atoms. The smallest absolute Gasteiger partial charge is 0.227 e. The Hall–Kier alpha value is -1.10. The average Bonchev–Trinajstić information content (AvgIpc) is 2.36. The normalized spacial score (nSPS) is 20.8. The van der Waals surface area contributed by atoms with Gasteiger partial charge in [-0.2, -0.15) is 0 Å². The molecule has 1 saturated heterocycles. The van der Waals surface area contributed by atoms with E-state index in [-0.39, 0.29) is 17.7 Å². The lowest BCUT2D eigenvalue weighted by molar-refractivity contribution is -0.130. The van der Waals surface area contributed by atoms with Gasteiger partial charge in [-0.3, -0.25) is 9.59 Å². The van der Waals surface area contributed by atoms with Crippen molar-refractivity contribution in [2.24, 2.45) is 11.3 Å². The number of nitrogens with one attached hydrogen (secondary N) is 3. The van der Waals surface area contributed by atoms with Gasteiger partial charge in [-0.15, -0.1) is 0 Å². The summed E-state index contributed by atoms with van der Waals surface area (Å²) >= 11 is 0. The van der Waals surface area contributed by atoms with Gasteiger partial charge in [0.2, 0.25) is 11.8 Å². The summed E-state index contributed by atoms with van der Waals surface area (Å²) in [4.78, 5) is 23.4. The highest BCUT2D eigenvalue weighted by atomic mass is 16.2. The minimum Gasteiger partial charge on any atom is -0.359 e. The maximum atomic E-state index is 11.9. The number of amides is 2. The SMILES string of the molecule is CNC(=O)C(C)(C)CNC(=O)C1CCCNC1. The first-order valence-corrected chi connectivity index (χ1v) is 6.18. The summed E-state index contributed by atoms with van der Waals surface area (Å²) in [7, 11) is 1.61. The quantitative estimate of drug-likeness (QED) is 0.642. The van der Waals surface area contributed by atoms with Crippen LogP contribution in [0, 0.1) is 11.3 Å². The van der Waals surface area contributed by atoms with Crippen LogP contribution in [0.2, 0.25) is 0 Å². The Labute approximate surface area is 103 Å². The summed E-state index contributed by atoms with van der Waals surface area (Å²) in [6, 6.07) is 0. The Bertz CT molecular complexity index is 283. The Balaban J connectivity index is 2.39. The molecule has 0 aromatic heterocycles. The molecular formula is C12H23N3O2. The van der Waals surface area contributed by atoms with E-state index >= 15 is 0 Å². The lowest BCUT2D eigenvalue weighted by atomic mass is 9.91. The van der Waals surface area contributed by atoms with Gasteiger partial charge in [-0.25, -0.2) is 0 Å². The van der Waals surface area contributed by atoms with E-state index in [0.29, 0.717) is 6.54 Å². The second-order valence-corrected chi connectivity index (χ2v) is 5.22. The molecule has 98 valence electrons. The fraction of sp³-hybridized carbons (Fsp3) is 0.833. The molecule has 0 aliphatic carbocycles. The Kier molecular flexibility index (Phi) is 4.93. The Morgan fingerprint density at radius 3 is 2.65 bits per heavy atom. The fourth-order valence-electron chi connectivity index (χ4n) is 1.95. The lowest BCUT2D eigenvalue weighted by Gasteiger charge is -2.26. The van der Waals surface area contributed by atoms with E-state index in [9.17, 15) is 9.59 Å². The third-order valence-corrected chi connectivity index (χ3v) is 3.21. The van der Waals surface area contributed by atoms with Crippen molar-refractivity contribution >= 4 is 11.8 Å². The molecule has 0 saturated carbocycles. The van der Waals surface area contributed by atoms with Crippen LogP contribution in [-0.4, -0.2) is 38.5 Å². The highest BCUT2D eigenvalue weighted by Crippen LogP contribution is 2.15. The van der Waals surface area contributed by atoms with Crippen molar-refractivity contribution < 1.29 is 9.59 Å². The summed E-state index contributed by atoms with van der Waals surface area (Å²) in [5.41, 5.74) is -0.563. The van der Waals surface area contributed by atoms with Gasteiger partial charge >= 0.3 is 0 Å². The van der Waals surface area contributed by atoms with E-state index in [2.05, 4.69) is 16.0 Å². The first kappa shape index (κ1) is 14.0. The number of rotatable bonds is 4. The van der Waals surface area contributed by atoms with E-state index in [0.717, 1.165) is 25.9 Å². The Morgan fingerprint density at radius 1 is 1.41 bits per heavy atom. The number of carbonyl (C=O) groups excluding carboxylic acids is 2. The van der Waals surface area contributed by atoms with Crippen LogP contribution in [0.5, 0.6) is 0 Å². The van der Waals surface area contributed by atoms with E-state index in [1.165, 1.54) is 0 Å². The van der Waals surface area contributed by atoms with Gasteiger partial charge in [0.15, 0.2) is 0 Å². The molecule has 1 aliphatic heterocycles. The van der Waals surface area contributed by atoms with Crippen molar-refractivity contribution in [3.63, 3.8) is 0 Å². The van der Waals surface area contributed by atoms with Gasteiger partial charge in [0.05, 0.1) is 11.3 Å². The summed E-state index contributed by atoms with van der Waals surface area (Å²) in [5.74, 6) is 0.0398. The zero-order valence-corrected chi connectivity index (χ0v) is 10.9. The highest BCUT2D eigenvalue weighted by Gasteiger charge is 2.28. The molecule has 0 aromatic carbocycles. The second-order valence-electron chi connectivity index (χ2n) is 5.22. The first-order valence-electron chi connectivity index (χ1n) is 6.18. The maximum absolute atomic E-state index is 11.9. The number of piperidine rings is 1. The number of carbonyl (C=O) groups is 2. The average molecular weight is 241 g/mol. The van der Waals surface area contributed by atoms with E-state index in [1.807, 2.05) is 13.8 Å². The molecule has 1 unspecified atom stereocenters. The van der Waals surface area contributed by atoms with Gasteiger partial charge in [-0.05, 0) is 33.2 Å². The highest BCUT2D eigenvalue weighted by molar-refractivity contribution is 5.83. The molecule has 1 heterocycles. The molecule has 1 atom stereocenters. The van der Waals surface area contributed by atoms with Crippen molar-refractivity contribution in [2.75, 3.05) is 26.7 Å². The zero-order chi connectivity index (χ0) is 12.9. The topological polar surface area (TPSA) is 70.2 Å². The first-order chi connectivity index (χ1) is 7.97. The molecule has 5 nitrogen and oxygen atoms in total. The van der Waals surface area contributed by atoms with Gasteiger partial charge < -0.3 is 16.0 Å². The molecule has 1 fully saturated rings. The molecule has 0 aromatic rings. The van der Waals surface area contributed by atoms with Crippen molar-refractivity contribution in [3.05, 3.63) is 0 Å². The van der Waals surface area contributed by atoms with E-state index in [1.54, 1.807) is 7.05 Å². The van der Waals surface area contributed by atoms with Crippen molar-refractivity contribution in [1.82, 2.24) is 16.0 Å². The molecular weight excluding hydrogens is 218 g/mol. The second kappa shape index (κ2) is 6.00. The third kappa shape index (κ3) is 4.00. The van der Waals surface area contributed by atoms with Gasteiger partial charge in [-0.1, -0.05) is 0 Å². The minimum atomic E-state index is -0.563. The van der Waals surface area contributed by atoms with Crippen LogP contribution in [-0.2, 0) is 9.59 Å². The van der Waals surface area contributed by atoms with Gasteiger partial charge in [0.25, 0.3) is 0 Å². The molecule has 17 heavy (non-hydrogen) atoms. The van der Waals surface area contributed by atoms with Crippen LogP contribution in [0.3, 0.4) is 0 Å². The van der Waals surface area contributed by atoms with Crippen LogP contribution >= 0.6 is 0 Å². The predicted molar refractivity (Wildman–Crippen MR) is 66.5 cm³/mol. The van der Waals surface area contributed by atoms with Crippen molar-refractivity contribution in [1.29, 1.82) is 0 Å². The molecule has 5 heteroatoms. The summed E-state index contributed by atoms with van der Waals surface area (Å²) in [6.07, 6.45) is 1.97. The lowest BCUT2D eigenvalue weighted by Crippen LogP contribution is -2.47. The molecule has 0 spiro atoms. The van der Waals surface area contributed by atoms with Crippen molar-refractivity contribution in [2.45, 2.75) is 26.7 Å². The molecule has 0 radical (unpaired) electrons. The maximum Gasteiger partial charge on any atom is 0.227 e. The molecule has 3 N–H and O–H groups in total. The van der Waals surface area contributed by atoms with Crippen LogP contribution < -0.4 is 16.0 Å². The minimum absolute atomic E-state index is 0.0456.